The minimum Gasteiger partial charge on any atom is -0.339 e. The van der Waals surface area contributed by atoms with E-state index in [1.54, 1.807) is 23.8 Å². The summed E-state index contributed by atoms with van der Waals surface area (Å²) in [4.78, 5) is 15.6. The molecule has 6 heteroatoms. The Hall–Kier alpha value is -1.53. The molecule has 0 aromatic heterocycles. The van der Waals surface area contributed by atoms with Gasteiger partial charge < -0.3 is 10.2 Å². The van der Waals surface area contributed by atoms with E-state index in [-0.39, 0.29) is 18.0 Å². The van der Waals surface area contributed by atoms with Crippen LogP contribution >= 0.6 is 0 Å². The zero-order chi connectivity index (χ0) is 15.4. The van der Waals surface area contributed by atoms with Crippen LogP contribution in [-0.2, 0) is 4.79 Å². The summed E-state index contributed by atoms with van der Waals surface area (Å²) in [6.45, 7) is 4.77. The maximum absolute atomic E-state index is 13.8. The second kappa shape index (κ2) is 6.95. The Morgan fingerprint density at radius 1 is 1.33 bits per heavy atom. The van der Waals surface area contributed by atoms with Crippen molar-refractivity contribution in [3.63, 3.8) is 0 Å². The van der Waals surface area contributed by atoms with Gasteiger partial charge in [0.25, 0.3) is 0 Å². The fourth-order valence-electron chi connectivity index (χ4n) is 2.49. The summed E-state index contributed by atoms with van der Waals surface area (Å²) >= 11 is 0. The number of carbonyl (C=O) groups excluding carboxylic acids is 1. The largest absolute Gasteiger partial charge is 0.339 e. The highest BCUT2D eigenvalue weighted by Crippen LogP contribution is 2.24. The van der Waals surface area contributed by atoms with E-state index < -0.39 is 17.7 Å². The average molecular weight is 297 g/mol. The third-order valence-corrected chi connectivity index (χ3v) is 3.93. The van der Waals surface area contributed by atoms with Gasteiger partial charge in [-0.05, 0) is 26.1 Å². The molecule has 4 nitrogen and oxygen atoms in total. The first kappa shape index (κ1) is 15.9. The standard InChI is InChI=1S/C15H21F2N3O/c1-11(15-12(16)4-3-5-13(15)17)19(2)10-14(21)20-8-6-18-7-9-20/h3-5,11,18H,6-10H2,1-2H3. The van der Waals surface area contributed by atoms with Gasteiger partial charge >= 0.3 is 0 Å². The normalized spacial score (nSPS) is 17.1. The maximum atomic E-state index is 13.8. The highest BCUT2D eigenvalue weighted by molar-refractivity contribution is 5.78. The highest BCUT2D eigenvalue weighted by atomic mass is 19.1. The first-order valence-corrected chi connectivity index (χ1v) is 7.13. The molecule has 1 aliphatic rings. The first-order chi connectivity index (χ1) is 10.0. The molecule has 1 fully saturated rings. The van der Waals surface area contributed by atoms with E-state index in [4.69, 9.17) is 0 Å². The molecule has 0 bridgehead atoms. The molecule has 0 radical (unpaired) electrons. The summed E-state index contributed by atoms with van der Waals surface area (Å²) in [5, 5.41) is 3.18. The van der Waals surface area contributed by atoms with Crippen molar-refractivity contribution >= 4 is 5.91 Å². The van der Waals surface area contributed by atoms with E-state index >= 15 is 0 Å². The van der Waals surface area contributed by atoms with Crippen LogP contribution in [0.5, 0.6) is 0 Å². The second-order valence-corrected chi connectivity index (χ2v) is 5.36. The number of halogens is 2. The van der Waals surface area contributed by atoms with Crippen molar-refractivity contribution in [2.75, 3.05) is 39.8 Å². The molecule has 1 amide bonds. The van der Waals surface area contributed by atoms with Crippen LogP contribution in [0.15, 0.2) is 18.2 Å². The smallest absolute Gasteiger partial charge is 0.236 e. The highest BCUT2D eigenvalue weighted by Gasteiger charge is 2.24. The number of likely N-dealkylation sites (N-methyl/N-ethyl adjacent to an activating group) is 1. The van der Waals surface area contributed by atoms with Gasteiger partial charge in [0.05, 0.1) is 6.54 Å². The van der Waals surface area contributed by atoms with E-state index in [9.17, 15) is 13.6 Å². The number of nitrogens with one attached hydrogen (secondary N) is 1. The molecule has 1 unspecified atom stereocenters. The quantitative estimate of drug-likeness (QED) is 0.912. The number of amides is 1. The van der Waals surface area contributed by atoms with Gasteiger partial charge in [-0.3, -0.25) is 9.69 Å². The molecule has 1 aromatic rings. The lowest BCUT2D eigenvalue weighted by Gasteiger charge is -2.31. The molecule has 0 spiro atoms. The monoisotopic (exact) mass is 297 g/mol. The Morgan fingerprint density at radius 2 is 1.90 bits per heavy atom. The van der Waals surface area contributed by atoms with Crippen molar-refractivity contribution < 1.29 is 13.6 Å². The van der Waals surface area contributed by atoms with Crippen molar-refractivity contribution in [2.45, 2.75) is 13.0 Å². The van der Waals surface area contributed by atoms with Gasteiger partial charge in [0.15, 0.2) is 0 Å². The van der Waals surface area contributed by atoms with Crippen LogP contribution in [0.3, 0.4) is 0 Å². The Bertz CT molecular complexity index is 483. The predicted molar refractivity (Wildman–Crippen MR) is 76.9 cm³/mol. The lowest BCUT2D eigenvalue weighted by molar-refractivity contribution is -0.133. The second-order valence-electron chi connectivity index (χ2n) is 5.36. The average Bonchev–Trinajstić information content (AvgIpc) is 2.47. The molecule has 21 heavy (non-hydrogen) atoms. The molecule has 1 atom stereocenters. The third-order valence-electron chi connectivity index (χ3n) is 3.93. The molecule has 1 aromatic carbocycles. The number of carbonyl (C=O) groups is 1. The summed E-state index contributed by atoms with van der Waals surface area (Å²) in [5.74, 6) is -1.17. The fourth-order valence-corrected chi connectivity index (χ4v) is 2.49. The van der Waals surface area contributed by atoms with Crippen molar-refractivity contribution in [2.24, 2.45) is 0 Å². The van der Waals surface area contributed by atoms with Gasteiger partial charge in [-0.25, -0.2) is 8.78 Å². The molecule has 1 N–H and O–H groups in total. The summed E-state index contributed by atoms with van der Waals surface area (Å²) in [6.07, 6.45) is 0. The molecular weight excluding hydrogens is 276 g/mol. The molecular formula is C15H21F2N3O. The molecule has 0 aliphatic carbocycles. The lowest BCUT2D eigenvalue weighted by Crippen LogP contribution is -2.49. The van der Waals surface area contributed by atoms with Gasteiger partial charge in [0, 0.05) is 37.8 Å². The van der Waals surface area contributed by atoms with Crippen molar-refractivity contribution in [1.82, 2.24) is 15.1 Å². The number of hydrogen-bond acceptors (Lipinski definition) is 3. The van der Waals surface area contributed by atoms with E-state index in [1.807, 2.05) is 0 Å². The molecule has 2 rings (SSSR count). The van der Waals surface area contributed by atoms with Crippen LogP contribution < -0.4 is 5.32 Å². The summed E-state index contributed by atoms with van der Waals surface area (Å²) in [7, 11) is 1.71. The van der Waals surface area contributed by atoms with Crippen LogP contribution in [0.4, 0.5) is 8.78 Å². The van der Waals surface area contributed by atoms with Crippen molar-refractivity contribution in [1.29, 1.82) is 0 Å². The number of rotatable bonds is 4. The molecule has 1 saturated heterocycles. The Morgan fingerprint density at radius 3 is 2.48 bits per heavy atom. The minimum atomic E-state index is -0.580. The Labute approximate surface area is 123 Å². The number of hydrogen-bond donors (Lipinski definition) is 1. The Kier molecular flexibility index (Phi) is 5.25. The van der Waals surface area contributed by atoms with Crippen LogP contribution in [-0.4, -0.2) is 55.5 Å². The van der Waals surface area contributed by atoms with E-state index in [1.165, 1.54) is 18.2 Å². The van der Waals surface area contributed by atoms with Gasteiger partial charge in [-0.1, -0.05) is 6.07 Å². The fraction of sp³-hybridized carbons (Fsp3) is 0.533. The Balaban J connectivity index is 2.02. The van der Waals surface area contributed by atoms with Gasteiger partial charge in [0.1, 0.15) is 11.6 Å². The van der Waals surface area contributed by atoms with E-state index in [2.05, 4.69) is 5.32 Å². The zero-order valence-corrected chi connectivity index (χ0v) is 12.4. The predicted octanol–water partition coefficient (Wildman–Crippen LogP) is 1.39. The number of benzene rings is 1. The van der Waals surface area contributed by atoms with Crippen LogP contribution in [0.2, 0.25) is 0 Å². The van der Waals surface area contributed by atoms with Crippen molar-refractivity contribution in [3.8, 4) is 0 Å². The lowest BCUT2D eigenvalue weighted by atomic mass is 10.1. The summed E-state index contributed by atoms with van der Waals surface area (Å²) < 4.78 is 27.6. The van der Waals surface area contributed by atoms with E-state index in [0.29, 0.717) is 13.1 Å². The van der Waals surface area contributed by atoms with E-state index in [0.717, 1.165) is 13.1 Å². The van der Waals surface area contributed by atoms with Crippen LogP contribution in [0.1, 0.15) is 18.5 Å². The SMILES string of the molecule is CC(c1c(F)cccc1F)N(C)CC(=O)N1CCNCC1. The number of nitrogens with zero attached hydrogens (tertiary/aromatic N) is 2. The van der Waals surface area contributed by atoms with Gasteiger partial charge in [-0.2, -0.15) is 0 Å². The van der Waals surface area contributed by atoms with Crippen LogP contribution in [0, 0.1) is 11.6 Å². The summed E-state index contributed by atoms with van der Waals surface area (Å²) in [5.41, 5.74) is 0.00751. The molecule has 1 heterocycles. The molecule has 116 valence electrons. The molecule has 0 saturated carbocycles. The van der Waals surface area contributed by atoms with Gasteiger partial charge in [-0.15, -0.1) is 0 Å². The maximum Gasteiger partial charge on any atom is 0.236 e. The topological polar surface area (TPSA) is 35.6 Å². The first-order valence-electron chi connectivity index (χ1n) is 7.13. The van der Waals surface area contributed by atoms with Gasteiger partial charge in [0.2, 0.25) is 5.91 Å². The summed E-state index contributed by atoms with van der Waals surface area (Å²) in [6, 6.07) is 3.31. The third kappa shape index (κ3) is 3.77. The molecule has 1 aliphatic heterocycles. The van der Waals surface area contributed by atoms with Crippen LogP contribution in [0.25, 0.3) is 0 Å². The zero-order valence-electron chi connectivity index (χ0n) is 12.4. The number of piperazine rings is 1. The minimum absolute atomic E-state index is 0.00751. The van der Waals surface area contributed by atoms with Crippen molar-refractivity contribution in [3.05, 3.63) is 35.4 Å².